The number of hydrogen-bond donors (Lipinski definition) is 1. The Morgan fingerprint density at radius 2 is 1.83 bits per heavy atom. The lowest BCUT2D eigenvalue weighted by atomic mass is 10.1. The van der Waals surface area contributed by atoms with E-state index >= 15 is 0 Å². The van der Waals surface area contributed by atoms with E-state index in [1.54, 1.807) is 6.20 Å². The molecule has 0 fully saturated rings. The Hall–Kier alpha value is -1.90. The molecule has 1 aromatic heterocycles. The van der Waals surface area contributed by atoms with Crippen molar-refractivity contribution in [2.45, 2.75) is 26.7 Å². The topological polar surface area (TPSA) is 37.8 Å². The van der Waals surface area contributed by atoms with Crippen molar-refractivity contribution in [3.8, 4) is 11.3 Å². The summed E-state index contributed by atoms with van der Waals surface area (Å²) in [5.74, 6) is 0.688. The van der Waals surface area contributed by atoms with E-state index in [1.807, 2.05) is 13.0 Å². The zero-order chi connectivity index (χ0) is 12.8. The van der Waals surface area contributed by atoms with Crippen molar-refractivity contribution in [1.29, 1.82) is 0 Å². The van der Waals surface area contributed by atoms with Gasteiger partial charge in [-0.15, -0.1) is 0 Å². The molecule has 2 rings (SSSR count). The van der Waals surface area contributed by atoms with Crippen molar-refractivity contribution in [1.82, 2.24) is 9.97 Å². The summed E-state index contributed by atoms with van der Waals surface area (Å²) in [7, 11) is 0. The normalized spacial score (nSPS) is 10.3. The van der Waals surface area contributed by atoms with E-state index in [2.05, 4.69) is 46.5 Å². The first-order valence-corrected chi connectivity index (χ1v) is 6.49. The molecule has 18 heavy (non-hydrogen) atoms. The highest BCUT2D eigenvalue weighted by molar-refractivity contribution is 5.60. The number of benzene rings is 1. The van der Waals surface area contributed by atoms with Crippen LogP contribution in [0.3, 0.4) is 0 Å². The quantitative estimate of drug-likeness (QED) is 0.870. The molecule has 0 unspecified atom stereocenters. The van der Waals surface area contributed by atoms with Gasteiger partial charge in [-0.25, -0.2) is 9.97 Å². The molecule has 0 aliphatic carbocycles. The number of hydrogen-bond acceptors (Lipinski definition) is 3. The lowest BCUT2D eigenvalue weighted by Crippen LogP contribution is -2.02. The fraction of sp³-hybridized carbons (Fsp3) is 0.333. The van der Waals surface area contributed by atoms with Crippen molar-refractivity contribution < 1.29 is 0 Å². The molecule has 0 atom stereocenters. The van der Waals surface area contributed by atoms with Crippen LogP contribution < -0.4 is 5.32 Å². The van der Waals surface area contributed by atoms with Crippen molar-refractivity contribution in [2.24, 2.45) is 0 Å². The second kappa shape index (κ2) is 6.15. The summed E-state index contributed by atoms with van der Waals surface area (Å²) in [5, 5.41) is 3.13. The van der Waals surface area contributed by atoms with E-state index in [0.717, 1.165) is 24.2 Å². The predicted molar refractivity (Wildman–Crippen MR) is 75.6 cm³/mol. The molecule has 94 valence electrons. The van der Waals surface area contributed by atoms with E-state index in [1.165, 1.54) is 12.0 Å². The molecule has 2 aromatic rings. The first-order valence-electron chi connectivity index (χ1n) is 6.49. The van der Waals surface area contributed by atoms with Crippen molar-refractivity contribution in [3.05, 3.63) is 42.1 Å². The molecular weight excluding hydrogens is 222 g/mol. The van der Waals surface area contributed by atoms with Gasteiger partial charge in [0, 0.05) is 18.3 Å². The van der Waals surface area contributed by atoms with Crippen LogP contribution in [0, 0.1) is 0 Å². The lowest BCUT2D eigenvalue weighted by Gasteiger charge is -2.05. The molecule has 0 bridgehead atoms. The van der Waals surface area contributed by atoms with E-state index in [4.69, 9.17) is 0 Å². The van der Waals surface area contributed by atoms with Crippen LogP contribution >= 0.6 is 0 Å². The maximum atomic E-state index is 4.49. The molecule has 3 heteroatoms. The molecule has 0 aliphatic rings. The minimum Gasteiger partial charge on any atom is -0.354 e. The van der Waals surface area contributed by atoms with Crippen molar-refractivity contribution >= 4 is 5.95 Å². The molecule has 0 amide bonds. The molecule has 3 nitrogen and oxygen atoms in total. The molecule has 0 saturated carbocycles. The van der Waals surface area contributed by atoms with E-state index in [9.17, 15) is 0 Å². The Labute approximate surface area is 108 Å². The van der Waals surface area contributed by atoms with Gasteiger partial charge in [0.2, 0.25) is 5.95 Å². The van der Waals surface area contributed by atoms with E-state index in [-0.39, 0.29) is 0 Å². The second-order valence-electron chi connectivity index (χ2n) is 4.24. The summed E-state index contributed by atoms with van der Waals surface area (Å²) in [6, 6.07) is 10.5. The van der Waals surface area contributed by atoms with Gasteiger partial charge in [-0.2, -0.15) is 0 Å². The number of aromatic nitrogens is 2. The van der Waals surface area contributed by atoms with Crippen LogP contribution in [0.2, 0.25) is 0 Å². The molecular formula is C15H19N3. The summed E-state index contributed by atoms with van der Waals surface area (Å²) < 4.78 is 0. The maximum Gasteiger partial charge on any atom is 0.223 e. The predicted octanol–water partition coefficient (Wildman–Crippen LogP) is 3.53. The van der Waals surface area contributed by atoms with E-state index in [0.29, 0.717) is 5.95 Å². The van der Waals surface area contributed by atoms with Crippen LogP contribution in [0.25, 0.3) is 11.3 Å². The Morgan fingerprint density at radius 1 is 1.06 bits per heavy atom. The van der Waals surface area contributed by atoms with Gasteiger partial charge in [0.1, 0.15) is 0 Å². The number of nitrogens with zero attached hydrogens (tertiary/aromatic N) is 2. The highest BCUT2D eigenvalue weighted by Gasteiger charge is 2.01. The fourth-order valence-corrected chi connectivity index (χ4v) is 1.89. The Morgan fingerprint density at radius 3 is 2.50 bits per heavy atom. The van der Waals surface area contributed by atoms with Gasteiger partial charge in [-0.05, 0) is 25.0 Å². The Bertz CT molecular complexity index is 491. The van der Waals surface area contributed by atoms with Crippen LogP contribution in [-0.2, 0) is 6.42 Å². The van der Waals surface area contributed by atoms with Gasteiger partial charge in [-0.1, -0.05) is 37.6 Å². The first kappa shape index (κ1) is 12.6. The third kappa shape index (κ3) is 3.06. The summed E-state index contributed by atoms with van der Waals surface area (Å²) in [6.07, 6.45) is 4.10. The largest absolute Gasteiger partial charge is 0.354 e. The van der Waals surface area contributed by atoms with Crippen LogP contribution in [0.1, 0.15) is 25.8 Å². The van der Waals surface area contributed by atoms with Gasteiger partial charge < -0.3 is 5.32 Å². The fourth-order valence-electron chi connectivity index (χ4n) is 1.89. The van der Waals surface area contributed by atoms with Crippen LogP contribution in [0.4, 0.5) is 5.95 Å². The Kier molecular flexibility index (Phi) is 4.29. The molecule has 1 aromatic carbocycles. The monoisotopic (exact) mass is 241 g/mol. The minimum absolute atomic E-state index is 0.688. The average molecular weight is 241 g/mol. The van der Waals surface area contributed by atoms with Gasteiger partial charge in [0.25, 0.3) is 0 Å². The van der Waals surface area contributed by atoms with Gasteiger partial charge in [0.15, 0.2) is 0 Å². The minimum atomic E-state index is 0.688. The lowest BCUT2D eigenvalue weighted by molar-refractivity contribution is 0.922. The SMILES string of the molecule is CCCc1ccc(-c2ccnc(NCC)n2)cc1. The van der Waals surface area contributed by atoms with Crippen molar-refractivity contribution in [3.63, 3.8) is 0 Å². The average Bonchev–Trinajstić information content (AvgIpc) is 2.41. The van der Waals surface area contributed by atoms with Crippen molar-refractivity contribution in [2.75, 3.05) is 11.9 Å². The standard InChI is InChI=1S/C15H19N3/c1-3-5-12-6-8-13(9-7-12)14-10-11-17-15(18-14)16-4-2/h6-11H,3-5H2,1-2H3,(H,16,17,18). The van der Waals surface area contributed by atoms with E-state index < -0.39 is 0 Å². The Balaban J connectivity index is 2.22. The zero-order valence-electron chi connectivity index (χ0n) is 11.0. The third-order valence-corrected chi connectivity index (χ3v) is 2.78. The molecule has 0 spiro atoms. The number of nitrogens with one attached hydrogen (secondary N) is 1. The van der Waals surface area contributed by atoms with Gasteiger partial charge in [-0.3, -0.25) is 0 Å². The molecule has 0 saturated heterocycles. The molecule has 0 radical (unpaired) electrons. The summed E-state index contributed by atoms with van der Waals surface area (Å²) in [4.78, 5) is 8.67. The molecule has 0 aliphatic heterocycles. The number of aryl methyl sites for hydroxylation is 1. The summed E-state index contributed by atoms with van der Waals surface area (Å²) in [6.45, 7) is 5.06. The van der Waals surface area contributed by atoms with Crippen LogP contribution in [0.5, 0.6) is 0 Å². The number of anilines is 1. The maximum absolute atomic E-state index is 4.49. The first-order chi connectivity index (χ1) is 8.83. The van der Waals surface area contributed by atoms with Crippen LogP contribution in [-0.4, -0.2) is 16.5 Å². The summed E-state index contributed by atoms with van der Waals surface area (Å²) in [5.41, 5.74) is 3.47. The van der Waals surface area contributed by atoms with Gasteiger partial charge >= 0.3 is 0 Å². The van der Waals surface area contributed by atoms with Crippen LogP contribution in [0.15, 0.2) is 36.5 Å². The molecule has 1 heterocycles. The highest BCUT2D eigenvalue weighted by Crippen LogP contribution is 2.18. The smallest absolute Gasteiger partial charge is 0.223 e. The number of rotatable bonds is 5. The highest BCUT2D eigenvalue weighted by atomic mass is 15.1. The second-order valence-corrected chi connectivity index (χ2v) is 4.24. The third-order valence-electron chi connectivity index (χ3n) is 2.78. The summed E-state index contributed by atoms with van der Waals surface area (Å²) >= 11 is 0. The molecule has 1 N–H and O–H groups in total. The zero-order valence-corrected chi connectivity index (χ0v) is 11.0. The van der Waals surface area contributed by atoms with Gasteiger partial charge in [0.05, 0.1) is 5.69 Å².